The van der Waals surface area contributed by atoms with E-state index < -0.39 is 0 Å². The molecule has 1 aliphatic rings. The van der Waals surface area contributed by atoms with Gasteiger partial charge in [-0.1, -0.05) is 0 Å². The summed E-state index contributed by atoms with van der Waals surface area (Å²) in [5.74, 6) is 3.07. The Balaban J connectivity index is 1.72. The first-order valence-corrected chi connectivity index (χ1v) is 7.64. The van der Waals surface area contributed by atoms with Crippen molar-refractivity contribution in [3.63, 3.8) is 0 Å². The number of H-pyrrole nitrogens is 1. The summed E-state index contributed by atoms with van der Waals surface area (Å²) in [5.41, 5.74) is 2.44. The second-order valence-electron chi connectivity index (χ2n) is 6.20. The lowest BCUT2D eigenvalue weighted by Gasteiger charge is -2.46. The van der Waals surface area contributed by atoms with Gasteiger partial charge < -0.3 is 10.1 Å². The molecule has 2 N–H and O–H groups in total. The molecule has 0 aliphatic heterocycles. The molecule has 23 heavy (non-hydrogen) atoms. The molecule has 6 heteroatoms. The Kier molecular flexibility index (Phi) is 3.17. The summed E-state index contributed by atoms with van der Waals surface area (Å²) in [6, 6.07) is 1.96. The van der Waals surface area contributed by atoms with Crippen molar-refractivity contribution >= 4 is 11.0 Å². The molecule has 0 unspecified atom stereocenters. The Labute approximate surface area is 133 Å². The number of aromatic nitrogens is 5. The number of fused-ring (bicyclic) bond motifs is 1. The van der Waals surface area contributed by atoms with Crippen LogP contribution in [0.4, 0.5) is 0 Å². The number of aromatic amines is 1. The highest BCUT2D eigenvalue weighted by Gasteiger charge is 2.45. The zero-order valence-corrected chi connectivity index (χ0v) is 12.6. The highest BCUT2D eigenvalue weighted by molar-refractivity contribution is 5.89. The maximum absolute atomic E-state index is 9.31. The molecular weight excluding hydrogens is 290 g/mol. The van der Waals surface area contributed by atoms with E-state index in [4.69, 9.17) is 6.42 Å². The van der Waals surface area contributed by atoms with Crippen molar-refractivity contribution in [2.75, 3.05) is 6.61 Å². The van der Waals surface area contributed by atoms with Gasteiger partial charge in [-0.3, -0.25) is 4.68 Å². The summed E-state index contributed by atoms with van der Waals surface area (Å²) in [6.07, 6.45) is 15.1. The molecule has 1 fully saturated rings. The Morgan fingerprint density at radius 1 is 1.43 bits per heavy atom. The minimum Gasteiger partial charge on any atom is -0.396 e. The SMILES string of the molecule is C#CCC1(n2cc(-c3ncnc4[nH]ccc34)cn2)CC(CO)C1. The third-order valence-corrected chi connectivity index (χ3v) is 4.72. The largest absolute Gasteiger partial charge is 0.396 e. The van der Waals surface area contributed by atoms with E-state index in [1.165, 1.54) is 0 Å². The van der Waals surface area contributed by atoms with Crippen molar-refractivity contribution < 1.29 is 5.11 Å². The minimum absolute atomic E-state index is 0.176. The van der Waals surface area contributed by atoms with E-state index in [9.17, 15) is 5.11 Å². The van der Waals surface area contributed by atoms with Crippen LogP contribution in [0.25, 0.3) is 22.3 Å². The molecule has 0 bridgehead atoms. The van der Waals surface area contributed by atoms with Gasteiger partial charge in [-0.2, -0.15) is 5.10 Å². The number of nitrogens with one attached hydrogen (secondary N) is 1. The molecule has 0 saturated heterocycles. The summed E-state index contributed by atoms with van der Waals surface area (Å²) in [4.78, 5) is 11.7. The van der Waals surface area contributed by atoms with Crippen molar-refractivity contribution in [3.05, 3.63) is 31.0 Å². The highest BCUT2D eigenvalue weighted by atomic mass is 16.3. The number of aliphatic hydroxyl groups is 1. The molecule has 3 aromatic rings. The first-order chi connectivity index (χ1) is 11.3. The van der Waals surface area contributed by atoms with Gasteiger partial charge in [-0.25, -0.2) is 9.97 Å². The van der Waals surface area contributed by atoms with Crippen LogP contribution in [-0.2, 0) is 5.54 Å². The van der Waals surface area contributed by atoms with Crippen LogP contribution in [0.2, 0.25) is 0 Å². The summed E-state index contributed by atoms with van der Waals surface area (Å²) in [6.45, 7) is 0.205. The van der Waals surface area contributed by atoms with Crippen molar-refractivity contribution in [1.82, 2.24) is 24.7 Å². The molecule has 0 radical (unpaired) electrons. The lowest BCUT2D eigenvalue weighted by Crippen LogP contribution is -2.47. The molecule has 0 atom stereocenters. The lowest BCUT2D eigenvalue weighted by molar-refractivity contribution is 0.0207. The summed E-state index contributed by atoms with van der Waals surface area (Å²) < 4.78 is 1.95. The second-order valence-corrected chi connectivity index (χ2v) is 6.20. The molecule has 3 heterocycles. The van der Waals surface area contributed by atoms with E-state index >= 15 is 0 Å². The van der Waals surface area contributed by atoms with Gasteiger partial charge in [0.1, 0.15) is 12.0 Å². The smallest absolute Gasteiger partial charge is 0.141 e. The topological polar surface area (TPSA) is 79.6 Å². The Morgan fingerprint density at radius 3 is 3.09 bits per heavy atom. The highest BCUT2D eigenvalue weighted by Crippen LogP contribution is 2.46. The maximum Gasteiger partial charge on any atom is 0.141 e. The van der Waals surface area contributed by atoms with Crippen molar-refractivity contribution in [1.29, 1.82) is 0 Å². The summed E-state index contributed by atoms with van der Waals surface area (Å²) in [5, 5.41) is 14.8. The molecule has 1 aliphatic carbocycles. The summed E-state index contributed by atoms with van der Waals surface area (Å²) in [7, 11) is 0. The normalized spacial score (nSPS) is 23.6. The maximum atomic E-state index is 9.31. The monoisotopic (exact) mass is 307 g/mol. The average molecular weight is 307 g/mol. The van der Waals surface area contributed by atoms with Crippen LogP contribution in [-0.4, -0.2) is 36.4 Å². The number of terminal acetylenes is 1. The van der Waals surface area contributed by atoms with Gasteiger partial charge in [-0.15, -0.1) is 12.3 Å². The fourth-order valence-corrected chi connectivity index (χ4v) is 3.55. The number of hydrogen-bond donors (Lipinski definition) is 2. The van der Waals surface area contributed by atoms with E-state index in [1.807, 2.05) is 29.3 Å². The van der Waals surface area contributed by atoms with Crippen LogP contribution < -0.4 is 0 Å². The minimum atomic E-state index is -0.176. The molecule has 0 amide bonds. The predicted octanol–water partition coefficient (Wildman–Crippen LogP) is 1.94. The lowest BCUT2D eigenvalue weighted by atomic mass is 9.67. The fraction of sp³-hybridized carbons (Fsp3) is 0.353. The van der Waals surface area contributed by atoms with Gasteiger partial charge in [0, 0.05) is 36.4 Å². The molecule has 0 aromatic carbocycles. The van der Waals surface area contributed by atoms with Crippen LogP contribution >= 0.6 is 0 Å². The third kappa shape index (κ3) is 2.13. The van der Waals surface area contributed by atoms with Crippen LogP contribution in [0.5, 0.6) is 0 Å². The number of hydrogen-bond acceptors (Lipinski definition) is 4. The standard InChI is InChI=1S/C17H17N5O/c1-2-4-17(6-12(7-17)10-23)22-9-13(8-21-22)15-14-3-5-18-16(14)20-11-19-15/h1,3,5,8-9,11-12,23H,4,6-7,10H2,(H,18,19,20). The average Bonchev–Trinajstić information content (AvgIpc) is 3.18. The van der Waals surface area contributed by atoms with E-state index in [1.54, 1.807) is 6.33 Å². The Hall–Kier alpha value is -2.65. The van der Waals surface area contributed by atoms with Crippen LogP contribution in [0.1, 0.15) is 19.3 Å². The Bertz CT molecular complexity index is 882. The van der Waals surface area contributed by atoms with Crippen molar-refractivity contribution in [2.24, 2.45) is 5.92 Å². The Morgan fingerprint density at radius 2 is 2.30 bits per heavy atom. The number of nitrogens with zero attached hydrogens (tertiary/aromatic N) is 4. The van der Waals surface area contributed by atoms with Crippen LogP contribution in [0, 0.1) is 18.3 Å². The quantitative estimate of drug-likeness (QED) is 0.722. The first kappa shape index (κ1) is 14.0. The molecule has 1 saturated carbocycles. The number of rotatable bonds is 4. The third-order valence-electron chi connectivity index (χ3n) is 4.72. The second kappa shape index (κ2) is 5.21. The molecule has 116 valence electrons. The van der Waals surface area contributed by atoms with Crippen molar-refractivity contribution in [2.45, 2.75) is 24.8 Å². The molecule has 0 spiro atoms. The molecule has 6 nitrogen and oxygen atoms in total. The number of aliphatic hydroxyl groups excluding tert-OH is 1. The van der Waals surface area contributed by atoms with Gasteiger partial charge in [0.05, 0.1) is 17.4 Å². The van der Waals surface area contributed by atoms with E-state index in [0.717, 1.165) is 35.1 Å². The van der Waals surface area contributed by atoms with Gasteiger partial charge in [0.15, 0.2) is 0 Å². The summed E-state index contributed by atoms with van der Waals surface area (Å²) >= 11 is 0. The van der Waals surface area contributed by atoms with E-state index in [0.29, 0.717) is 12.3 Å². The predicted molar refractivity (Wildman–Crippen MR) is 86.3 cm³/mol. The molecular formula is C17H17N5O. The van der Waals surface area contributed by atoms with Gasteiger partial charge in [0.2, 0.25) is 0 Å². The van der Waals surface area contributed by atoms with E-state index in [-0.39, 0.29) is 12.1 Å². The zero-order valence-electron chi connectivity index (χ0n) is 12.6. The van der Waals surface area contributed by atoms with Crippen molar-refractivity contribution in [3.8, 4) is 23.6 Å². The molecule has 3 aromatic heterocycles. The van der Waals surface area contributed by atoms with E-state index in [2.05, 4.69) is 26.0 Å². The zero-order chi connectivity index (χ0) is 15.9. The molecule has 4 rings (SSSR count). The van der Waals surface area contributed by atoms with Gasteiger partial charge in [0.25, 0.3) is 0 Å². The van der Waals surface area contributed by atoms with Crippen LogP contribution in [0.15, 0.2) is 31.0 Å². The van der Waals surface area contributed by atoms with Gasteiger partial charge >= 0.3 is 0 Å². The van der Waals surface area contributed by atoms with Gasteiger partial charge in [-0.05, 0) is 24.8 Å². The fourth-order valence-electron chi connectivity index (χ4n) is 3.55. The first-order valence-electron chi connectivity index (χ1n) is 7.64. The van der Waals surface area contributed by atoms with Crippen LogP contribution in [0.3, 0.4) is 0 Å².